The van der Waals surface area contributed by atoms with Gasteiger partial charge in [-0.3, -0.25) is 0 Å². The van der Waals surface area contributed by atoms with Crippen molar-refractivity contribution in [3.05, 3.63) is 29.8 Å². The number of rotatable bonds is 2. The minimum absolute atomic E-state index is 0.00876. The predicted molar refractivity (Wildman–Crippen MR) is 74.3 cm³/mol. The Balaban J connectivity index is 1.86. The molecular weight excluding hydrogens is 298 g/mol. The van der Waals surface area contributed by atoms with Crippen molar-refractivity contribution in [1.29, 1.82) is 0 Å². The van der Waals surface area contributed by atoms with Crippen molar-refractivity contribution in [2.75, 3.05) is 26.2 Å². The molecule has 3 rings (SSSR count). The summed E-state index contributed by atoms with van der Waals surface area (Å²) in [5, 5.41) is 3.27. The minimum atomic E-state index is -3.89. The smallest absolute Gasteiger partial charge is 0.246 e. The predicted octanol–water partition coefficient (Wildman–Crippen LogP) is 1.73. The number of nitrogens with zero attached hydrogens (tertiary/aromatic N) is 1. The number of nitrogens with one attached hydrogen (secondary N) is 1. The zero-order valence-corrected chi connectivity index (χ0v) is 12.4. The SMILES string of the molecule is O=S(=O)(c1ccc(F)cc1F)N1CCC2(CCNCC2)C1. The first-order valence-corrected chi connectivity index (χ1v) is 8.53. The second kappa shape index (κ2) is 5.30. The number of sulfonamides is 1. The van der Waals surface area contributed by atoms with Gasteiger partial charge in [0.1, 0.15) is 16.5 Å². The standard InChI is InChI=1S/C14H18F2N2O2S/c15-11-1-2-13(12(16)9-11)21(19,20)18-8-5-14(10-18)3-6-17-7-4-14/h1-2,9,17H,3-8,10H2. The van der Waals surface area contributed by atoms with Crippen molar-refractivity contribution in [1.82, 2.24) is 9.62 Å². The van der Waals surface area contributed by atoms with Gasteiger partial charge in [-0.2, -0.15) is 4.31 Å². The number of halogens is 2. The van der Waals surface area contributed by atoms with E-state index in [0.717, 1.165) is 44.5 Å². The highest BCUT2D eigenvalue weighted by molar-refractivity contribution is 7.89. The number of hydrogen-bond donors (Lipinski definition) is 1. The first-order valence-electron chi connectivity index (χ1n) is 7.09. The zero-order valence-electron chi connectivity index (χ0n) is 11.6. The van der Waals surface area contributed by atoms with Crippen molar-refractivity contribution in [2.45, 2.75) is 24.2 Å². The molecule has 1 aromatic carbocycles. The Hall–Kier alpha value is -1.05. The molecule has 2 aliphatic rings. The average molecular weight is 316 g/mol. The van der Waals surface area contributed by atoms with Crippen molar-refractivity contribution in [3.63, 3.8) is 0 Å². The molecule has 1 N–H and O–H groups in total. The van der Waals surface area contributed by atoms with E-state index < -0.39 is 26.6 Å². The van der Waals surface area contributed by atoms with Crippen LogP contribution < -0.4 is 5.32 Å². The van der Waals surface area contributed by atoms with Crippen LogP contribution in [0, 0.1) is 17.0 Å². The molecule has 2 fully saturated rings. The lowest BCUT2D eigenvalue weighted by Crippen LogP contribution is -2.39. The molecule has 2 saturated heterocycles. The van der Waals surface area contributed by atoms with E-state index in [2.05, 4.69) is 5.32 Å². The van der Waals surface area contributed by atoms with Crippen molar-refractivity contribution in [3.8, 4) is 0 Å². The van der Waals surface area contributed by atoms with Crippen molar-refractivity contribution >= 4 is 10.0 Å². The highest BCUT2D eigenvalue weighted by atomic mass is 32.2. The largest absolute Gasteiger partial charge is 0.317 e. The average Bonchev–Trinajstić information content (AvgIpc) is 2.83. The van der Waals surface area contributed by atoms with E-state index in [9.17, 15) is 17.2 Å². The molecule has 0 amide bonds. The normalized spacial score (nSPS) is 22.8. The van der Waals surface area contributed by atoms with Gasteiger partial charge in [-0.15, -0.1) is 0 Å². The van der Waals surface area contributed by atoms with Gasteiger partial charge in [-0.1, -0.05) is 0 Å². The van der Waals surface area contributed by atoms with Crippen LogP contribution in [0.1, 0.15) is 19.3 Å². The summed E-state index contributed by atoms with van der Waals surface area (Å²) in [6.45, 7) is 2.60. The second-order valence-corrected chi connectivity index (χ2v) is 7.82. The number of piperidine rings is 1. The molecule has 0 unspecified atom stereocenters. The first kappa shape index (κ1) is 14.9. The Morgan fingerprint density at radius 2 is 1.86 bits per heavy atom. The topological polar surface area (TPSA) is 49.4 Å². The summed E-state index contributed by atoms with van der Waals surface area (Å²) in [6.07, 6.45) is 2.67. The lowest BCUT2D eigenvalue weighted by atomic mass is 9.78. The second-order valence-electron chi connectivity index (χ2n) is 5.91. The lowest BCUT2D eigenvalue weighted by molar-refractivity contribution is 0.218. The number of benzene rings is 1. The van der Waals surface area contributed by atoms with Crippen LogP contribution in [-0.4, -0.2) is 38.9 Å². The monoisotopic (exact) mass is 316 g/mol. The lowest BCUT2D eigenvalue weighted by Gasteiger charge is -2.33. The van der Waals surface area contributed by atoms with Crippen LogP contribution in [0.25, 0.3) is 0 Å². The molecule has 0 bridgehead atoms. The van der Waals surface area contributed by atoms with Gasteiger partial charge in [-0.05, 0) is 49.9 Å². The summed E-state index contributed by atoms with van der Waals surface area (Å²) in [4.78, 5) is -0.435. The fourth-order valence-corrected chi connectivity index (χ4v) is 4.89. The molecule has 7 heteroatoms. The Morgan fingerprint density at radius 1 is 1.14 bits per heavy atom. The van der Waals surface area contributed by atoms with Gasteiger partial charge in [0.2, 0.25) is 10.0 Å². The van der Waals surface area contributed by atoms with Crippen LogP contribution in [0.5, 0.6) is 0 Å². The third-order valence-corrected chi connectivity index (χ3v) is 6.46. The minimum Gasteiger partial charge on any atom is -0.317 e. The first-order chi connectivity index (χ1) is 9.93. The van der Waals surface area contributed by atoms with E-state index in [1.165, 1.54) is 4.31 Å². The van der Waals surface area contributed by atoms with Gasteiger partial charge in [0.15, 0.2) is 0 Å². The molecule has 116 valence electrons. The maximum absolute atomic E-state index is 13.8. The van der Waals surface area contributed by atoms with E-state index in [4.69, 9.17) is 0 Å². The Bertz CT molecular complexity index is 642. The molecule has 21 heavy (non-hydrogen) atoms. The van der Waals surface area contributed by atoms with Crippen LogP contribution in [0.2, 0.25) is 0 Å². The summed E-state index contributed by atoms with van der Waals surface area (Å²) in [7, 11) is -3.89. The maximum atomic E-state index is 13.8. The van der Waals surface area contributed by atoms with Crippen molar-refractivity contribution < 1.29 is 17.2 Å². The summed E-state index contributed by atoms with van der Waals surface area (Å²) in [5.74, 6) is -1.80. The molecule has 0 saturated carbocycles. The van der Waals surface area contributed by atoms with E-state index in [1.54, 1.807) is 0 Å². The van der Waals surface area contributed by atoms with Crippen molar-refractivity contribution in [2.24, 2.45) is 5.41 Å². The summed E-state index contributed by atoms with van der Waals surface area (Å²) < 4.78 is 53.1. The Morgan fingerprint density at radius 3 is 2.52 bits per heavy atom. The van der Waals surface area contributed by atoms with Crippen LogP contribution in [0.3, 0.4) is 0 Å². The molecule has 1 spiro atoms. The molecule has 2 aliphatic heterocycles. The maximum Gasteiger partial charge on any atom is 0.246 e. The third-order valence-electron chi connectivity index (χ3n) is 4.58. The Labute approximate surface area is 123 Å². The van der Waals surface area contributed by atoms with Gasteiger partial charge in [0, 0.05) is 19.2 Å². The van der Waals surface area contributed by atoms with Gasteiger partial charge < -0.3 is 5.32 Å². The fraction of sp³-hybridized carbons (Fsp3) is 0.571. The molecule has 0 aromatic heterocycles. The molecule has 2 heterocycles. The van der Waals surface area contributed by atoms with E-state index in [-0.39, 0.29) is 5.41 Å². The van der Waals surface area contributed by atoms with E-state index in [0.29, 0.717) is 19.2 Å². The molecule has 1 aromatic rings. The molecule has 0 atom stereocenters. The van der Waals surface area contributed by atoms with Gasteiger partial charge >= 0.3 is 0 Å². The number of hydrogen-bond acceptors (Lipinski definition) is 3. The summed E-state index contributed by atoms with van der Waals surface area (Å²) in [6, 6.07) is 2.60. The van der Waals surface area contributed by atoms with Crippen LogP contribution >= 0.6 is 0 Å². The van der Waals surface area contributed by atoms with Gasteiger partial charge in [-0.25, -0.2) is 17.2 Å². The summed E-state index contributed by atoms with van der Waals surface area (Å²) >= 11 is 0. The van der Waals surface area contributed by atoms with E-state index >= 15 is 0 Å². The molecule has 0 radical (unpaired) electrons. The van der Waals surface area contributed by atoms with Crippen LogP contribution in [0.15, 0.2) is 23.1 Å². The fourth-order valence-electron chi connectivity index (χ4n) is 3.29. The van der Waals surface area contributed by atoms with Gasteiger partial charge in [0.05, 0.1) is 0 Å². The van der Waals surface area contributed by atoms with Gasteiger partial charge in [0.25, 0.3) is 0 Å². The Kier molecular flexibility index (Phi) is 3.75. The van der Waals surface area contributed by atoms with Crippen LogP contribution in [0.4, 0.5) is 8.78 Å². The quantitative estimate of drug-likeness (QED) is 0.904. The van der Waals surface area contributed by atoms with E-state index in [1.807, 2.05) is 0 Å². The molecular formula is C14H18F2N2O2S. The highest BCUT2D eigenvalue weighted by Gasteiger charge is 2.43. The molecule has 0 aliphatic carbocycles. The van der Waals surface area contributed by atoms with Crippen LogP contribution in [-0.2, 0) is 10.0 Å². The third kappa shape index (κ3) is 2.69. The summed E-state index contributed by atoms with van der Waals surface area (Å²) in [5.41, 5.74) is 0.00876. The highest BCUT2D eigenvalue weighted by Crippen LogP contribution is 2.40. The molecule has 4 nitrogen and oxygen atoms in total. The zero-order chi connectivity index (χ0) is 15.1.